The number of para-hydroxylation sites is 1. The third-order valence-electron chi connectivity index (χ3n) is 6.41. The first kappa shape index (κ1) is 26.4. The second-order valence-electron chi connectivity index (χ2n) is 9.01. The summed E-state index contributed by atoms with van der Waals surface area (Å²) in [6.07, 6.45) is 0.484. The molecule has 0 spiro atoms. The fourth-order valence-electron chi connectivity index (χ4n) is 4.43. The van der Waals surface area contributed by atoms with Crippen LogP contribution in [0.2, 0.25) is 0 Å². The smallest absolute Gasteiger partial charge is 0.225 e. The van der Waals surface area contributed by atoms with Crippen LogP contribution >= 0.6 is 24.0 Å². The summed E-state index contributed by atoms with van der Waals surface area (Å²) in [6, 6.07) is 16.8. The number of hydrogen-bond donors (Lipinski definition) is 3. The molecule has 0 saturated carbocycles. The topological polar surface area (TPSA) is 72.0 Å². The van der Waals surface area contributed by atoms with E-state index in [0.29, 0.717) is 19.5 Å². The van der Waals surface area contributed by atoms with Gasteiger partial charge in [0, 0.05) is 63.8 Å². The van der Waals surface area contributed by atoms with Crippen molar-refractivity contribution in [1.82, 2.24) is 20.4 Å². The van der Waals surface area contributed by atoms with Gasteiger partial charge < -0.3 is 20.9 Å². The summed E-state index contributed by atoms with van der Waals surface area (Å²) in [7, 11) is 2.19. The van der Waals surface area contributed by atoms with Gasteiger partial charge in [-0.25, -0.2) is 4.99 Å². The van der Waals surface area contributed by atoms with Gasteiger partial charge in [-0.2, -0.15) is 0 Å². The minimum atomic E-state index is 0. The molecule has 2 aliphatic heterocycles. The maximum Gasteiger partial charge on any atom is 0.225 e. The molecule has 7 nitrogen and oxygen atoms in total. The van der Waals surface area contributed by atoms with E-state index in [2.05, 4.69) is 70.1 Å². The quantitative estimate of drug-likeness (QED) is 0.268. The average Bonchev–Trinajstić information content (AvgIpc) is 2.83. The lowest BCUT2D eigenvalue weighted by Crippen LogP contribution is -2.43. The molecule has 0 aliphatic carbocycles. The first-order valence-corrected chi connectivity index (χ1v) is 12.0. The molecule has 1 saturated heterocycles. The van der Waals surface area contributed by atoms with E-state index >= 15 is 0 Å². The maximum atomic E-state index is 12.1. The zero-order valence-corrected chi connectivity index (χ0v) is 22.5. The highest BCUT2D eigenvalue weighted by Crippen LogP contribution is 2.31. The number of benzene rings is 2. The summed E-state index contributed by atoms with van der Waals surface area (Å²) in [5.74, 6) is 0.981. The largest absolute Gasteiger partial charge is 0.357 e. The van der Waals surface area contributed by atoms with Crippen LogP contribution in [0.1, 0.15) is 36.0 Å². The Labute approximate surface area is 220 Å². The Morgan fingerprint density at radius 3 is 2.47 bits per heavy atom. The van der Waals surface area contributed by atoms with Gasteiger partial charge >= 0.3 is 0 Å². The molecule has 2 aliphatic rings. The number of carbonyl (C=O) groups excluding carboxylic acids is 1. The van der Waals surface area contributed by atoms with Gasteiger partial charge in [0.1, 0.15) is 0 Å². The number of anilines is 1. The first-order chi connectivity index (χ1) is 16.1. The van der Waals surface area contributed by atoms with Crippen LogP contribution < -0.4 is 16.0 Å². The molecule has 184 valence electrons. The lowest BCUT2D eigenvalue weighted by molar-refractivity contribution is -0.116. The van der Waals surface area contributed by atoms with Crippen LogP contribution in [0.4, 0.5) is 5.69 Å². The summed E-state index contributed by atoms with van der Waals surface area (Å²) < 4.78 is 0. The number of guanidine groups is 1. The van der Waals surface area contributed by atoms with Gasteiger partial charge in [0.05, 0.1) is 6.54 Å². The van der Waals surface area contributed by atoms with Crippen molar-refractivity contribution in [3.8, 4) is 0 Å². The Morgan fingerprint density at radius 1 is 1.03 bits per heavy atom. The normalized spacial score (nSPS) is 19.1. The molecule has 2 aromatic carbocycles. The van der Waals surface area contributed by atoms with Crippen molar-refractivity contribution in [2.24, 2.45) is 4.99 Å². The molecule has 8 heteroatoms. The highest BCUT2D eigenvalue weighted by atomic mass is 127. The zero-order valence-electron chi connectivity index (χ0n) is 20.2. The van der Waals surface area contributed by atoms with Crippen molar-refractivity contribution >= 4 is 41.5 Å². The molecule has 34 heavy (non-hydrogen) atoms. The molecule has 1 unspecified atom stereocenters. The van der Waals surface area contributed by atoms with Gasteiger partial charge in [0.2, 0.25) is 5.91 Å². The zero-order chi connectivity index (χ0) is 23.0. The van der Waals surface area contributed by atoms with E-state index in [1.807, 2.05) is 18.2 Å². The number of likely N-dealkylation sites (N-methyl/N-ethyl adjacent to an activating group) is 1. The standard InChI is InChI=1S/C26H36N6O.HI/c1-3-27-26(29-18-22-16-25(33)30-24-7-5-4-6-23(22)24)28-17-20-8-10-21(11-9-20)19-32-14-12-31(2)13-15-32;/h4-11,22H,3,12-19H2,1-2H3,(H,30,33)(H2,27,28,29);1H. The first-order valence-electron chi connectivity index (χ1n) is 12.0. The van der Waals surface area contributed by atoms with E-state index in [9.17, 15) is 4.79 Å². The van der Waals surface area contributed by atoms with Gasteiger partial charge in [-0.15, -0.1) is 24.0 Å². The predicted molar refractivity (Wildman–Crippen MR) is 150 cm³/mol. The molecule has 3 N–H and O–H groups in total. The van der Waals surface area contributed by atoms with Crippen LogP contribution in [0, 0.1) is 0 Å². The lowest BCUT2D eigenvalue weighted by atomic mass is 9.90. The minimum absolute atomic E-state index is 0. The van der Waals surface area contributed by atoms with Gasteiger partial charge in [-0.3, -0.25) is 9.69 Å². The number of amides is 1. The fourth-order valence-corrected chi connectivity index (χ4v) is 4.43. The lowest BCUT2D eigenvalue weighted by Gasteiger charge is -2.32. The number of hydrogen-bond acceptors (Lipinski definition) is 4. The van der Waals surface area contributed by atoms with Crippen molar-refractivity contribution in [1.29, 1.82) is 0 Å². The number of piperazine rings is 1. The second-order valence-corrected chi connectivity index (χ2v) is 9.01. The minimum Gasteiger partial charge on any atom is -0.357 e. The van der Waals surface area contributed by atoms with Crippen molar-refractivity contribution in [2.75, 3.05) is 51.6 Å². The van der Waals surface area contributed by atoms with Crippen LogP contribution in [0.5, 0.6) is 0 Å². The number of halogens is 1. The van der Waals surface area contributed by atoms with Gasteiger partial charge in [0.25, 0.3) is 0 Å². The van der Waals surface area contributed by atoms with E-state index in [1.165, 1.54) is 16.7 Å². The van der Waals surface area contributed by atoms with E-state index in [1.54, 1.807) is 0 Å². The fraction of sp³-hybridized carbons (Fsp3) is 0.462. The molecular formula is C26H37IN6O. The van der Waals surface area contributed by atoms with E-state index in [4.69, 9.17) is 4.99 Å². The van der Waals surface area contributed by atoms with Crippen molar-refractivity contribution < 1.29 is 4.79 Å². The molecule has 1 atom stereocenters. The van der Waals surface area contributed by atoms with Gasteiger partial charge in [0.15, 0.2) is 5.96 Å². The summed E-state index contributed by atoms with van der Waals surface area (Å²) >= 11 is 0. The SMILES string of the molecule is CCNC(=NCc1ccc(CN2CCN(C)CC2)cc1)NCC1CC(=O)Nc2ccccc21.I. The molecule has 2 heterocycles. The Bertz CT molecular complexity index is 956. The molecule has 4 rings (SSSR count). The average molecular weight is 577 g/mol. The van der Waals surface area contributed by atoms with Crippen LogP contribution in [0.15, 0.2) is 53.5 Å². The highest BCUT2D eigenvalue weighted by Gasteiger charge is 2.24. The number of nitrogens with one attached hydrogen (secondary N) is 3. The molecule has 0 radical (unpaired) electrons. The van der Waals surface area contributed by atoms with Gasteiger partial charge in [-0.1, -0.05) is 42.5 Å². The summed E-state index contributed by atoms with van der Waals surface area (Å²) in [5.41, 5.74) is 4.64. The number of fused-ring (bicyclic) bond motifs is 1. The molecule has 2 aromatic rings. The van der Waals surface area contributed by atoms with Crippen molar-refractivity contribution in [2.45, 2.75) is 32.4 Å². The third kappa shape index (κ3) is 7.41. The number of aliphatic imine (C=N–C) groups is 1. The third-order valence-corrected chi connectivity index (χ3v) is 6.41. The molecule has 0 bridgehead atoms. The Kier molecular flexibility index (Phi) is 10.2. The number of nitrogens with zero attached hydrogens (tertiary/aromatic N) is 3. The Balaban J connectivity index is 0.00000324. The van der Waals surface area contributed by atoms with Crippen molar-refractivity contribution in [3.63, 3.8) is 0 Å². The van der Waals surface area contributed by atoms with E-state index < -0.39 is 0 Å². The van der Waals surface area contributed by atoms with Crippen LogP contribution in [-0.4, -0.2) is 68.0 Å². The van der Waals surface area contributed by atoms with E-state index in [-0.39, 0.29) is 35.8 Å². The molecule has 1 amide bonds. The van der Waals surface area contributed by atoms with Crippen LogP contribution in [0.25, 0.3) is 0 Å². The highest BCUT2D eigenvalue weighted by molar-refractivity contribution is 14.0. The monoisotopic (exact) mass is 576 g/mol. The summed E-state index contributed by atoms with van der Waals surface area (Å²) in [5, 5.41) is 9.73. The summed E-state index contributed by atoms with van der Waals surface area (Å²) in [4.78, 5) is 21.8. The van der Waals surface area contributed by atoms with E-state index in [0.717, 1.165) is 50.9 Å². The van der Waals surface area contributed by atoms with Crippen LogP contribution in [-0.2, 0) is 17.9 Å². The van der Waals surface area contributed by atoms with Crippen LogP contribution in [0.3, 0.4) is 0 Å². The Morgan fingerprint density at radius 2 is 1.74 bits per heavy atom. The number of carbonyl (C=O) groups is 1. The molecular weight excluding hydrogens is 539 g/mol. The molecule has 1 fully saturated rings. The van der Waals surface area contributed by atoms with Crippen molar-refractivity contribution in [3.05, 3.63) is 65.2 Å². The molecule has 0 aromatic heterocycles. The number of rotatable bonds is 7. The Hall–Kier alpha value is -2.17. The second kappa shape index (κ2) is 13.1. The van der Waals surface area contributed by atoms with Gasteiger partial charge in [-0.05, 0) is 36.7 Å². The predicted octanol–water partition coefficient (Wildman–Crippen LogP) is 3.23. The maximum absolute atomic E-state index is 12.1. The summed E-state index contributed by atoms with van der Waals surface area (Å²) in [6.45, 7) is 9.70.